The average molecular weight is 255 g/mol. The molecule has 0 aliphatic heterocycles. The Balaban J connectivity index is 3.21. The highest BCUT2D eigenvalue weighted by Crippen LogP contribution is 2.32. The Hall–Kier alpha value is -1.02. The van der Waals surface area contributed by atoms with Crippen LogP contribution in [0, 0.1) is 13.8 Å². The van der Waals surface area contributed by atoms with Crippen LogP contribution in [0.15, 0.2) is 6.07 Å². The molecule has 0 N–H and O–H groups in total. The van der Waals surface area contributed by atoms with Gasteiger partial charge in [0.2, 0.25) is 0 Å². The van der Waals surface area contributed by atoms with Crippen LogP contribution in [0.2, 0.25) is 5.02 Å². The van der Waals surface area contributed by atoms with Gasteiger partial charge >= 0.3 is 0 Å². The maximum Gasteiger partial charge on any atom is 0.166 e. The molecule has 0 fully saturated rings. The van der Waals surface area contributed by atoms with Crippen molar-refractivity contribution in [2.24, 2.45) is 0 Å². The number of hydrogen-bond acceptors (Lipinski definition) is 2. The van der Waals surface area contributed by atoms with E-state index in [0.717, 1.165) is 24.0 Å². The summed E-state index contributed by atoms with van der Waals surface area (Å²) >= 11 is 6.18. The Morgan fingerprint density at radius 1 is 1.41 bits per heavy atom. The number of benzene rings is 1. The number of aryl methyl sites for hydroxylation is 1. The molecule has 94 valence electrons. The van der Waals surface area contributed by atoms with Gasteiger partial charge in [0.15, 0.2) is 5.78 Å². The lowest BCUT2D eigenvalue weighted by atomic mass is 9.97. The lowest BCUT2D eigenvalue weighted by Crippen LogP contribution is -2.06. The van der Waals surface area contributed by atoms with Gasteiger partial charge in [0, 0.05) is 11.4 Å². The van der Waals surface area contributed by atoms with Crippen LogP contribution in [0.3, 0.4) is 0 Å². The lowest BCUT2D eigenvalue weighted by Gasteiger charge is -2.14. The monoisotopic (exact) mass is 254 g/mol. The Morgan fingerprint density at radius 3 is 2.59 bits per heavy atom. The topological polar surface area (TPSA) is 26.3 Å². The first-order valence-corrected chi connectivity index (χ1v) is 6.27. The summed E-state index contributed by atoms with van der Waals surface area (Å²) < 4.78 is 5.28. The van der Waals surface area contributed by atoms with Crippen LogP contribution >= 0.6 is 11.6 Å². The lowest BCUT2D eigenvalue weighted by molar-refractivity contribution is 0.0976. The van der Waals surface area contributed by atoms with Gasteiger partial charge in [0.05, 0.1) is 12.7 Å². The van der Waals surface area contributed by atoms with Gasteiger partial charge in [-0.1, -0.05) is 24.9 Å². The third-order valence-corrected chi connectivity index (χ3v) is 3.48. The maximum absolute atomic E-state index is 12.1. The molecule has 0 heterocycles. The molecule has 17 heavy (non-hydrogen) atoms. The molecule has 0 saturated carbocycles. The fourth-order valence-corrected chi connectivity index (χ4v) is 2.04. The Kier molecular flexibility index (Phi) is 5.01. The molecule has 0 saturated heterocycles. The van der Waals surface area contributed by atoms with Crippen molar-refractivity contribution in [3.63, 3.8) is 0 Å². The van der Waals surface area contributed by atoms with Crippen molar-refractivity contribution < 1.29 is 9.53 Å². The molecule has 0 spiro atoms. The summed E-state index contributed by atoms with van der Waals surface area (Å²) in [7, 11) is 1.58. The first-order chi connectivity index (χ1) is 8.02. The number of ether oxygens (including phenoxy) is 1. The number of halogens is 1. The minimum Gasteiger partial charge on any atom is -0.496 e. The SMILES string of the molecule is CCCCC(=O)c1c(OC)cc(C)c(Cl)c1C. The Labute approximate surface area is 108 Å². The van der Waals surface area contributed by atoms with E-state index in [4.69, 9.17) is 16.3 Å². The van der Waals surface area contributed by atoms with Gasteiger partial charge in [-0.3, -0.25) is 4.79 Å². The van der Waals surface area contributed by atoms with E-state index >= 15 is 0 Å². The van der Waals surface area contributed by atoms with Crippen LogP contribution in [0.5, 0.6) is 5.75 Å². The molecule has 1 aromatic rings. The highest BCUT2D eigenvalue weighted by Gasteiger charge is 2.18. The zero-order valence-electron chi connectivity index (χ0n) is 10.9. The molecule has 0 radical (unpaired) electrons. The fourth-order valence-electron chi connectivity index (χ4n) is 1.89. The zero-order valence-corrected chi connectivity index (χ0v) is 11.6. The van der Waals surface area contributed by atoms with Crippen LogP contribution in [0.25, 0.3) is 0 Å². The minimum atomic E-state index is 0.114. The number of ketones is 1. The van der Waals surface area contributed by atoms with Gasteiger partial charge in [0.25, 0.3) is 0 Å². The van der Waals surface area contributed by atoms with Crippen molar-refractivity contribution in [2.75, 3.05) is 7.11 Å². The highest BCUT2D eigenvalue weighted by atomic mass is 35.5. The molecule has 0 aliphatic carbocycles. The summed E-state index contributed by atoms with van der Waals surface area (Å²) in [5, 5.41) is 0.658. The molecule has 0 unspecified atom stereocenters. The number of rotatable bonds is 5. The average Bonchev–Trinajstić information content (AvgIpc) is 2.32. The Morgan fingerprint density at radius 2 is 2.06 bits per heavy atom. The number of hydrogen-bond donors (Lipinski definition) is 0. The molecule has 0 atom stereocenters. The molecule has 3 heteroatoms. The fraction of sp³-hybridized carbons (Fsp3) is 0.500. The smallest absolute Gasteiger partial charge is 0.166 e. The van der Waals surface area contributed by atoms with Gasteiger partial charge in [0.1, 0.15) is 5.75 Å². The van der Waals surface area contributed by atoms with Crippen molar-refractivity contribution in [2.45, 2.75) is 40.0 Å². The van der Waals surface area contributed by atoms with Crippen molar-refractivity contribution in [3.8, 4) is 5.75 Å². The van der Waals surface area contributed by atoms with Crippen molar-refractivity contribution in [1.29, 1.82) is 0 Å². The minimum absolute atomic E-state index is 0.114. The third kappa shape index (κ3) is 3.01. The van der Waals surface area contributed by atoms with E-state index < -0.39 is 0 Å². The van der Waals surface area contributed by atoms with E-state index in [1.807, 2.05) is 19.9 Å². The molecular formula is C14H19ClO2. The number of carbonyl (C=O) groups is 1. The van der Waals surface area contributed by atoms with E-state index in [2.05, 4.69) is 6.92 Å². The molecule has 2 nitrogen and oxygen atoms in total. The van der Waals surface area contributed by atoms with Crippen LogP contribution in [0.4, 0.5) is 0 Å². The van der Waals surface area contributed by atoms with Crippen LogP contribution in [-0.4, -0.2) is 12.9 Å². The zero-order chi connectivity index (χ0) is 13.0. The van der Waals surface area contributed by atoms with Crippen LogP contribution < -0.4 is 4.74 Å². The second-order valence-corrected chi connectivity index (χ2v) is 4.61. The maximum atomic E-state index is 12.1. The largest absolute Gasteiger partial charge is 0.496 e. The Bertz CT molecular complexity index is 425. The predicted octanol–water partition coefficient (Wildman–Crippen LogP) is 4.34. The van der Waals surface area contributed by atoms with Gasteiger partial charge < -0.3 is 4.74 Å². The molecule has 0 aromatic heterocycles. The van der Waals surface area contributed by atoms with Gasteiger partial charge in [-0.25, -0.2) is 0 Å². The second kappa shape index (κ2) is 6.06. The molecule has 1 rings (SSSR count). The van der Waals surface area contributed by atoms with E-state index in [-0.39, 0.29) is 5.78 Å². The number of Topliss-reactive ketones (excluding diaryl/α,β-unsaturated/α-hetero) is 1. The summed E-state index contributed by atoms with van der Waals surface area (Å²) in [6.45, 7) is 5.86. The van der Waals surface area contributed by atoms with E-state index in [0.29, 0.717) is 22.8 Å². The summed E-state index contributed by atoms with van der Waals surface area (Å²) in [6, 6.07) is 1.83. The van der Waals surface area contributed by atoms with Crippen LogP contribution in [-0.2, 0) is 0 Å². The van der Waals surface area contributed by atoms with Crippen molar-refractivity contribution >= 4 is 17.4 Å². The molecular weight excluding hydrogens is 236 g/mol. The molecule has 0 aliphatic rings. The molecule has 0 amide bonds. The first-order valence-electron chi connectivity index (χ1n) is 5.89. The normalized spacial score (nSPS) is 10.4. The van der Waals surface area contributed by atoms with Gasteiger partial charge in [-0.05, 0) is 37.5 Å². The standard InChI is InChI=1S/C14H19ClO2/c1-5-6-7-11(16)13-10(3)14(15)9(2)8-12(13)17-4/h8H,5-7H2,1-4H3. The highest BCUT2D eigenvalue weighted by molar-refractivity contribution is 6.32. The van der Waals surface area contributed by atoms with E-state index in [1.165, 1.54) is 0 Å². The summed E-state index contributed by atoms with van der Waals surface area (Å²) in [4.78, 5) is 12.1. The van der Waals surface area contributed by atoms with Crippen LogP contribution in [0.1, 0.15) is 47.7 Å². The van der Waals surface area contributed by atoms with Crippen molar-refractivity contribution in [1.82, 2.24) is 0 Å². The summed E-state index contributed by atoms with van der Waals surface area (Å²) in [5.74, 6) is 0.744. The quantitative estimate of drug-likeness (QED) is 0.731. The summed E-state index contributed by atoms with van der Waals surface area (Å²) in [5.41, 5.74) is 2.40. The first kappa shape index (κ1) is 14.0. The molecule has 0 bridgehead atoms. The van der Waals surface area contributed by atoms with E-state index in [1.54, 1.807) is 7.11 Å². The number of methoxy groups -OCH3 is 1. The second-order valence-electron chi connectivity index (χ2n) is 4.24. The van der Waals surface area contributed by atoms with Gasteiger partial charge in [-0.2, -0.15) is 0 Å². The number of carbonyl (C=O) groups excluding carboxylic acids is 1. The molecule has 1 aromatic carbocycles. The van der Waals surface area contributed by atoms with Gasteiger partial charge in [-0.15, -0.1) is 0 Å². The number of unbranched alkanes of at least 4 members (excludes halogenated alkanes) is 1. The third-order valence-electron chi connectivity index (χ3n) is 2.90. The predicted molar refractivity (Wildman–Crippen MR) is 71.3 cm³/mol. The summed E-state index contributed by atoms with van der Waals surface area (Å²) in [6.07, 6.45) is 2.45. The van der Waals surface area contributed by atoms with E-state index in [9.17, 15) is 4.79 Å². The van der Waals surface area contributed by atoms with Crippen molar-refractivity contribution in [3.05, 3.63) is 27.8 Å².